The van der Waals surface area contributed by atoms with E-state index in [9.17, 15) is 18.4 Å². The molecule has 0 bridgehead atoms. The van der Waals surface area contributed by atoms with Crippen LogP contribution in [0, 0.1) is 5.92 Å². The Morgan fingerprint density at radius 3 is 2.73 bits per heavy atom. The second-order valence-corrected chi connectivity index (χ2v) is 5.28. The normalized spacial score (nSPS) is 18.7. The topological polar surface area (TPSA) is 61.4 Å². The third kappa shape index (κ3) is 3.18. The highest BCUT2D eigenvalue weighted by Crippen LogP contribution is 2.34. The van der Waals surface area contributed by atoms with E-state index in [0.717, 1.165) is 0 Å². The van der Waals surface area contributed by atoms with Crippen LogP contribution in [0.1, 0.15) is 20.3 Å². The first kappa shape index (κ1) is 16.2. The molecule has 2 rings (SSSR count). The van der Waals surface area contributed by atoms with Crippen LogP contribution >= 0.6 is 0 Å². The molecule has 0 saturated carbocycles. The Bertz CT molecular complexity index is 565. The highest BCUT2D eigenvalue weighted by molar-refractivity contribution is 6.11. The second kappa shape index (κ2) is 6.72. The summed E-state index contributed by atoms with van der Waals surface area (Å²) in [6, 6.07) is 5.42. The maximum atomic E-state index is 12.3. The standard InChI is InChI=1S/C15H19F2N3O2/c1-3-9(2)13-14(21)19-10-6-4-5-7-11(10)20(13)15(22)18-8-12(16)17/h4-7,9,12-13H,3,8H2,1-2H3,(H,18,22)(H,19,21). The number of benzene rings is 1. The molecule has 2 atom stereocenters. The molecular weight excluding hydrogens is 292 g/mol. The van der Waals surface area contributed by atoms with Crippen LogP contribution < -0.4 is 15.5 Å². The lowest BCUT2D eigenvalue weighted by molar-refractivity contribution is -0.118. The zero-order chi connectivity index (χ0) is 16.3. The highest BCUT2D eigenvalue weighted by Gasteiger charge is 2.39. The van der Waals surface area contributed by atoms with Gasteiger partial charge in [0.25, 0.3) is 6.43 Å². The molecule has 2 N–H and O–H groups in total. The van der Waals surface area contributed by atoms with Crippen molar-refractivity contribution in [2.75, 3.05) is 16.8 Å². The van der Waals surface area contributed by atoms with Crippen molar-refractivity contribution < 1.29 is 18.4 Å². The van der Waals surface area contributed by atoms with Crippen LogP contribution in [0.2, 0.25) is 0 Å². The van der Waals surface area contributed by atoms with Gasteiger partial charge < -0.3 is 10.6 Å². The minimum Gasteiger partial charge on any atom is -0.332 e. The van der Waals surface area contributed by atoms with Crippen LogP contribution in [0.3, 0.4) is 0 Å². The fraction of sp³-hybridized carbons (Fsp3) is 0.467. The van der Waals surface area contributed by atoms with E-state index in [1.54, 1.807) is 24.3 Å². The summed E-state index contributed by atoms with van der Waals surface area (Å²) in [4.78, 5) is 26.0. The number of hydrogen-bond donors (Lipinski definition) is 2. The van der Waals surface area contributed by atoms with Gasteiger partial charge in [0.15, 0.2) is 0 Å². The average Bonchev–Trinajstić information content (AvgIpc) is 2.50. The lowest BCUT2D eigenvalue weighted by Crippen LogP contribution is -2.57. The molecule has 5 nitrogen and oxygen atoms in total. The van der Waals surface area contributed by atoms with Crippen molar-refractivity contribution in [2.24, 2.45) is 5.92 Å². The summed E-state index contributed by atoms with van der Waals surface area (Å²) in [5.41, 5.74) is 1.01. The van der Waals surface area contributed by atoms with Gasteiger partial charge in [0.05, 0.1) is 17.9 Å². The number of anilines is 2. The Morgan fingerprint density at radius 1 is 1.41 bits per heavy atom. The lowest BCUT2D eigenvalue weighted by atomic mass is 9.94. The number of nitrogens with one attached hydrogen (secondary N) is 2. The largest absolute Gasteiger partial charge is 0.332 e. The lowest BCUT2D eigenvalue weighted by Gasteiger charge is -2.39. The van der Waals surface area contributed by atoms with E-state index in [2.05, 4.69) is 10.6 Å². The Morgan fingerprint density at radius 2 is 2.09 bits per heavy atom. The summed E-state index contributed by atoms with van der Waals surface area (Å²) in [6.45, 7) is 3.02. The summed E-state index contributed by atoms with van der Waals surface area (Å²) in [5.74, 6) is -0.411. The third-order valence-electron chi connectivity index (χ3n) is 3.78. The van der Waals surface area contributed by atoms with Gasteiger partial charge in [-0.3, -0.25) is 9.69 Å². The number of fused-ring (bicyclic) bond motifs is 1. The quantitative estimate of drug-likeness (QED) is 0.898. The number of para-hydroxylation sites is 2. The first-order valence-electron chi connectivity index (χ1n) is 7.20. The smallest absolute Gasteiger partial charge is 0.322 e. The second-order valence-electron chi connectivity index (χ2n) is 5.28. The average molecular weight is 311 g/mol. The molecule has 1 aliphatic rings. The Hall–Kier alpha value is -2.18. The number of hydrogen-bond acceptors (Lipinski definition) is 2. The van der Waals surface area contributed by atoms with Gasteiger partial charge in [-0.1, -0.05) is 32.4 Å². The van der Waals surface area contributed by atoms with Gasteiger partial charge in [-0.05, 0) is 18.1 Å². The van der Waals surface area contributed by atoms with Crippen molar-refractivity contribution in [3.8, 4) is 0 Å². The van der Waals surface area contributed by atoms with Crippen LogP contribution in [0.5, 0.6) is 0 Å². The zero-order valence-corrected chi connectivity index (χ0v) is 12.5. The number of halogens is 2. The maximum absolute atomic E-state index is 12.3. The summed E-state index contributed by atoms with van der Waals surface area (Å²) in [5, 5.41) is 4.95. The van der Waals surface area contributed by atoms with Gasteiger partial charge in [0, 0.05) is 0 Å². The van der Waals surface area contributed by atoms with Crippen LogP contribution in [0.25, 0.3) is 0 Å². The summed E-state index contributed by atoms with van der Waals surface area (Å²) in [7, 11) is 0. The molecular formula is C15H19F2N3O2. The Labute approximate surface area is 127 Å². The monoisotopic (exact) mass is 311 g/mol. The number of nitrogens with zero attached hydrogens (tertiary/aromatic N) is 1. The molecule has 0 aromatic heterocycles. The van der Waals surface area contributed by atoms with Crippen molar-refractivity contribution in [2.45, 2.75) is 32.7 Å². The number of amides is 3. The van der Waals surface area contributed by atoms with Gasteiger partial charge in [-0.25, -0.2) is 13.6 Å². The molecule has 3 amide bonds. The first-order valence-corrected chi connectivity index (χ1v) is 7.20. The maximum Gasteiger partial charge on any atom is 0.322 e. The van der Waals surface area contributed by atoms with Crippen molar-refractivity contribution in [1.82, 2.24) is 5.32 Å². The molecule has 0 spiro atoms. The minimum atomic E-state index is -2.64. The zero-order valence-electron chi connectivity index (χ0n) is 12.5. The molecule has 1 heterocycles. The molecule has 0 aliphatic carbocycles. The molecule has 120 valence electrons. The molecule has 0 radical (unpaired) electrons. The minimum absolute atomic E-state index is 0.106. The molecule has 0 saturated heterocycles. The Balaban J connectivity index is 2.37. The van der Waals surface area contributed by atoms with E-state index >= 15 is 0 Å². The molecule has 0 fully saturated rings. The Kier molecular flexibility index (Phi) is 4.95. The number of urea groups is 1. The number of alkyl halides is 2. The summed E-state index contributed by atoms with van der Waals surface area (Å²) >= 11 is 0. The molecule has 22 heavy (non-hydrogen) atoms. The SMILES string of the molecule is CCC(C)C1C(=O)Nc2ccccc2N1C(=O)NCC(F)F. The third-order valence-corrected chi connectivity index (χ3v) is 3.78. The van der Waals surface area contributed by atoms with Crippen LogP contribution in [0.15, 0.2) is 24.3 Å². The van der Waals surface area contributed by atoms with Crippen molar-refractivity contribution in [3.63, 3.8) is 0 Å². The molecule has 7 heteroatoms. The van der Waals surface area contributed by atoms with E-state index in [4.69, 9.17) is 0 Å². The van der Waals surface area contributed by atoms with Crippen LogP contribution in [-0.4, -0.2) is 31.0 Å². The number of carbonyl (C=O) groups excluding carboxylic acids is 2. The van der Waals surface area contributed by atoms with E-state index in [1.807, 2.05) is 13.8 Å². The number of carbonyl (C=O) groups is 2. The van der Waals surface area contributed by atoms with E-state index < -0.39 is 25.0 Å². The molecule has 1 aromatic carbocycles. The molecule has 1 aliphatic heterocycles. The summed E-state index contributed by atoms with van der Waals surface area (Å²) < 4.78 is 24.7. The van der Waals surface area contributed by atoms with E-state index in [-0.39, 0.29) is 11.8 Å². The predicted octanol–water partition coefficient (Wildman–Crippen LogP) is 2.83. The molecule has 1 aromatic rings. The van der Waals surface area contributed by atoms with Gasteiger partial charge in [-0.2, -0.15) is 0 Å². The molecule has 2 unspecified atom stereocenters. The number of rotatable bonds is 4. The van der Waals surface area contributed by atoms with Crippen molar-refractivity contribution >= 4 is 23.3 Å². The van der Waals surface area contributed by atoms with Gasteiger partial charge >= 0.3 is 6.03 Å². The van der Waals surface area contributed by atoms with E-state index in [0.29, 0.717) is 17.8 Å². The first-order chi connectivity index (χ1) is 10.5. The van der Waals surface area contributed by atoms with Crippen LogP contribution in [0.4, 0.5) is 25.0 Å². The fourth-order valence-electron chi connectivity index (χ4n) is 2.48. The van der Waals surface area contributed by atoms with Gasteiger partial charge in [0.1, 0.15) is 6.04 Å². The van der Waals surface area contributed by atoms with Crippen molar-refractivity contribution in [3.05, 3.63) is 24.3 Å². The predicted molar refractivity (Wildman–Crippen MR) is 80.2 cm³/mol. The van der Waals surface area contributed by atoms with E-state index in [1.165, 1.54) is 4.90 Å². The summed E-state index contributed by atoms with van der Waals surface area (Å²) in [6.07, 6.45) is -1.96. The highest BCUT2D eigenvalue weighted by atomic mass is 19.3. The van der Waals surface area contributed by atoms with Crippen LogP contribution in [-0.2, 0) is 4.79 Å². The van der Waals surface area contributed by atoms with Gasteiger partial charge in [-0.15, -0.1) is 0 Å². The van der Waals surface area contributed by atoms with Crippen molar-refractivity contribution in [1.29, 1.82) is 0 Å². The van der Waals surface area contributed by atoms with Gasteiger partial charge in [0.2, 0.25) is 5.91 Å². The fourth-order valence-corrected chi connectivity index (χ4v) is 2.48.